The molecule has 4 aromatic rings. The van der Waals surface area contributed by atoms with E-state index in [0.717, 1.165) is 18.4 Å². The van der Waals surface area contributed by atoms with Crippen LogP contribution in [-0.4, -0.2) is 24.7 Å². The van der Waals surface area contributed by atoms with Crippen LogP contribution in [0.1, 0.15) is 30.3 Å². The third-order valence-corrected chi connectivity index (χ3v) is 5.97. The number of aromatic nitrogens is 5. The Balaban J connectivity index is 1.48. The van der Waals surface area contributed by atoms with E-state index in [0.29, 0.717) is 39.0 Å². The molecule has 0 amide bonds. The minimum Gasteiger partial charge on any atom is -0.309 e. The van der Waals surface area contributed by atoms with Gasteiger partial charge in [0.2, 0.25) is 0 Å². The van der Waals surface area contributed by atoms with Crippen LogP contribution in [0.2, 0.25) is 0 Å². The largest absolute Gasteiger partial charge is 0.309 e. The molecule has 8 heteroatoms. The monoisotopic (exact) mass is 407 g/mol. The summed E-state index contributed by atoms with van der Waals surface area (Å²) in [5.74, 6) is 1.26. The zero-order valence-corrected chi connectivity index (χ0v) is 16.5. The molecule has 1 saturated carbocycles. The van der Waals surface area contributed by atoms with Gasteiger partial charge in [-0.3, -0.25) is 9.36 Å². The number of hydrogen-bond donors (Lipinski definition) is 1. The predicted molar refractivity (Wildman–Crippen MR) is 110 cm³/mol. The number of H-pyrrole nitrogens is 1. The number of thioether (sulfide) groups is 1. The van der Waals surface area contributed by atoms with Crippen LogP contribution in [0.25, 0.3) is 22.3 Å². The number of halogens is 1. The van der Waals surface area contributed by atoms with Gasteiger partial charge < -0.3 is 4.98 Å². The Morgan fingerprint density at radius 3 is 2.79 bits per heavy atom. The van der Waals surface area contributed by atoms with E-state index in [4.69, 9.17) is 0 Å². The summed E-state index contributed by atoms with van der Waals surface area (Å²) in [4.78, 5) is 19.9. The van der Waals surface area contributed by atoms with Gasteiger partial charge in [-0.2, -0.15) is 0 Å². The highest BCUT2D eigenvalue weighted by Gasteiger charge is 2.31. The number of hydrogen-bond acceptors (Lipinski definition) is 5. The van der Waals surface area contributed by atoms with Crippen molar-refractivity contribution in [2.75, 3.05) is 0 Å². The Morgan fingerprint density at radius 1 is 1.17 bits per heavy atom. The molecule has 1 fully saturated rings. The van der Waals surface area contributed by atoms with Crippen molar-refractivity contribution in [3.63, 3.8) is 0 Å². The molecule has 29 heavy (non-hydrogen) atoms. The van der Waals surface area contributed by atoms with E-state index in [2.05, 4.69) is 20.2 Å². The second kappa shape index (κ2) is 7.11. The minimum atomic E-state index is -0.311. The molecule has 0 bridgehead atoms. The second-order valence-corrected chi connectivity index (χ2v) is 8.10. The lowest BCUT2D eigenvalue weighted by Gasteiger charge is -2.09. The van der Waals surface area contributed by atoms with Crippen molar-refractivity contribution in [2.45, 2.75) is 36.7 Å². The zero-order valence-electron chi connectivity index (χ0n) is 15.7. The molecular formula is C21H18FN5OS. The lowest BCUT2D eigenvalue weighted by Crippen LogP contribution is -2.12. The van der Waals surface area contributed by atoms with Gasteiger partial charge in [0.05, 0.1) is 22.2 Å². The number of rotatable bonds is 5. The number of para-hydroxylation sites is 1. The van der Waals surface area contributed by atoms with Gasteiger partial charge in [-0.1, -0.05) is 36.0 Å². The summed E-state index contributed by atoms with van der Waals surface area (Å²) in [6.45, 7) is 1.94. The minimum absolute atomic E-state index is 0.148. The van der Waals surface area contributed by atoms with Crippen LogP contribution in [0.4, 0.5) is 4.39 Å². The molecule has 5 rings (SSSR count). The van der Waals surface area contributed by atoms with Crippen molar-refractivity contribution in [2.24, 2.45) is 0 Å². The first-order chi connectivity index (χ1) is 14.1. The van der Waals surface area contributed by atoms with Crippen LogP contribution >= 0.6 is 11.8 Å². The molecule has 1 aliphatic carbocycles. The quantitative estimate of drug-likeness (QED) is 0.501. The molecule has 2 heterocycles. The summed E-state index contributed by atoms with van der Waals surface area (Å²) in [6.07, 6.45) is 2.05. The highest BCUT2D eigenvalue weighted by Crippen LogP contribution is 2.41. The number of benzene rings is 2. The van der Waals surface area contributed by atoms with Gasteiger partial charge in [0.25, 0.3) is 5.56 Å². The van der Waals surface area contributed by atoms with Gasteiger partial charge in [0.15, 0.2) is 11.0 Å². The molecule has 0 radical (unpaired) electrons. The zero-order chi connectivity index (χ0) is 20.0. The van der Waals surface area contributed by atoms with Crippen LogP contribution in [0, 0.1) is 12.7 Å². The van der Waals surface area contributed by atoms with Crippen LogP contribution in [0.15, 0.2) is 52.4 Å². The van der Waals surface area contributed by atoms with Crippen molar-refractivity contribution >= 4 is 22.7 Å². The van der Waals surface area contributed by atoms with Gasteiger partial charge in [-0.25, -0.2) is 9.37 Å². The molecule has 146 valence electrons. The first kappa shape index (κ1) is 18.1. The smallest absolute Gasteiger partial charge is 0.258 e. The molecule has 0 unspecified atom stereocenters. The maximum Gasteiger partial charge on any atom is 0.258 e. The third kappa shape index (κ3) is 3.33. The topological polar surface area (TPSA) is 76.5 Å². The predicted octanol–water partition coefficient (Wildman–Crippen LogP) is 4.26. The standard InChI is InChI=1S/C21H18FN5OS/c1-12-5-4-7-15-18(12)23-17(24-20(15)28)11-29-21-26-25-19(27(21)13-9-10-13)14-6-2-3-8-16(14)22/h2-8,13H,9-11H2,1H3,(H,23,24,28). The Labute approximate surface area is 170 Å². The van der Waals surface area contributed by atoms with E-state index in [1.807, 2.05) is 23.6 Å². The molecule has 0 spiro atoms. The van der Waals surface area contributed by atoms with Gasteiger partial charge in [-0.15, -0.1) is 10.2 Å². The van der Waals surface area contributed by atoms with E-state index < -0.39 is 0 Å². The summed E-state index contributed by atoms with van der Waals surface area (Å²) >= 11 is 1.45. The van der Waals surface area contributed by atoms with Crippen molar-refractivity contribution in [3.05, 3.63) is 70.0 Å². The third-order valence-electron chi connectivity index (χ3n) is 5.02. The SMILES string of the molecule is Cc1cccc2c(=O)[nH]c(CSc3nnc(-c4ccccc4F)n3C3CC3)nc12. The molecule has 6 nitrogen and oxygen atoms in total. The number of aryl methyl sites for hydroxylation is 1. The first-order valence-electron chi connectivity index (χ1n) is 9.43. The van der Waals surface area contributed by atoms with Gasteiger partial charge >= 0.3 is 0 Å². The molecule has 0 atom stereocenters. The van der Waals surface area contributed by atoms with Gasteiger partial charge in [0.1, 0.15) is 11.6 Å². The van der Waals surface area contributed by atoms with Gasteiger partial charge in [0, 0.05) is 6.04 Å². The summed E-state index contributed by atoms with van der Waals surface area (Å²) in [5.41, 5.74) is 1.97. The van der Waals surface area contributed by atoms with E-state index >= 15 is 0 Å². The fourth-order valence-corrected chi connectivity index (χ4v) is 4.29. The molecule has 0 aliphatic heterocycles. The maximum absolute atomic E-state index is 14.3. The Bertz CT molecular complexity index is 1280. The van der Waals surface area contributed by atoms with E-state index in [1.165, 1.54) is 17.8 Å². The summed E-state index contributed by atoms with van der Waals surface area (Å²) in [7, 11) is 0. The normalized spacial score (nSPS) is 13.9. The number of aromatic amines is 1. The number of nitrogens with zero attached hydrogens (tertiary/aromatic N) is 4. The van der Waals surface area contributed by atoms with Gasteiger partial charge in [-0.05, 0) is 43.5 Å². The van der Waals surface area contributed by atoms with Crippen LogP contribution < -0.4 is 5.56 Å². The molecule has 1 aliphatic rings. The van der Waals surface area contributed by atoms with Crippen molar-refractivity contribution in [1.82, 2.24) is 24.7 Å². The fraction of sp³-hybridized carbons (Fsp3) is 0.238. The number of fused-ring (bicyclic) bond motifs is 1. The fourth-order valence-electron chi connectivity index (χ4n) is 3.42. The van der Waals surface area contributed by atoms with Crippen LogP contribution in [0.5, 0.6) is 0 Å². The van der Waals surface area contributed by atoms with Crippen LogP contribution in [0.3, 0.4) is 0 Å². The summed E-state index contributed by atoms with van der Waals surface area (Å²) in [5, 5.41) is 9.86. The van der Waals surface area contributed by atoms with Crippen molar-refractivity contribution in [3.8, 4) is 11.4 Å². The van der Waals surface area contributed by atoms with Crippen LogP contribution in [-0.2, 0) is 5.75 Å². The average molecular weight is 407 g/mol. The lowest BCUT2D eigenvalue weighted by atomic mass is 10.1. The molecule has 2 aromatic heterocycles. The highest BCUT2D eigenvalue weighted by molar-refractivity contribution is 7.98. The highest BCUT2D eigenvalue weighted by atomic mass is 32.2. The Morgan fingerprint density at radius 2 is 2.00 bits per heavy atom. The average Bonchev–Trinajstić information content (AvgIpc) is 3.47. The summed E-state index contributed by atoms with van der Waals surface area (Å²) < 4.78 is 16.3. The van der Waals surface area contributed by atoms with E-state index in [9.17, 15) is 9.18 Å². The lowest BCUT2D eigenvalue weighted by molar-refractivity contribution is 0.622. The maximum atomic E-state index is 14.3. The second-order valence-electron chi connectivity index (χ2n) is 7.16. The first-order valence-corrected chi connectivity index (χ1v) is 10.4. The molecular weight excluding hydrogens is 389 g/mol. The molecule has 1 N–H and O–H groups in total. The number of nitrogens with one attached hydrogen (secondary N) is 1. The molecule has 0 saturated heterocycles. The van der Waals surface area contributed by atoms with E-state index in [1.54, 1.807) is 24.3 Å². The van der Waals surface area contributed by atoms with E-state index in [-0.39, 0.29) is 17.4 Å². The van der Waals surface area contributed by atoms with Crippen molar-refractivity contribution in [1.29, 1.82) is 0 Å². The Hall–Kier alpha value is -3.00. The Kier molecular flexibility index (Phi) is 4.43. The van der Waals surface area contributed by atoms with Crippen molar-refractivity contribution < 1.29 is 4.39 Å². The summed E-state index contributed by atoms with van der Waals surface area (Å²) in [6, 6.07) is 12.5. The molecule has 2 aromatic carbocycles.